The number of aromatic nitrogens is 2. The lowest BCUT2D eigenvalue weighted by atomic mass is 10.1. The molecule has 0 aromatic carbocycles. The van der Waals surface area contributed by atoms with Crippen molar-refractivity contribution >= 4 is 0 Å². The molecule has 0 amide bonds. The standard InChI is InChI=1S/C10H13N3O/c1-7-9(5-6-11-3)10(14-4)13-8(2)12-7/h5-6H2,1-2,4H3. The molecule has 1 rings (SSSR count). The van der Waals surface area contributed by atoms with Gasteiger partial charge < -0.3 is 9.58 Å². The van der Waals surface area contributed by atoms with Gasteiger partial charge in [-0.15, -0.1) is 0 Å². The highest BCUT2D eigenvalue weighted by molar-refractivity contribution is 5.30. The largest absolute Gasteiger partial charge is 0.481 e. The van der Waals surface area contributed by atoms with Gasteiger partial charge in [-0.1, -0.05) is 0 Å². The molecule has 0 N–H and O–H groups in total. The maximum absolute atomic E-state index is 6.74. The van der Waals surface area contributed by atoms with Crippen molar-refractivity contribution < 1.29 is 4.74 Å². The summed E-state index contributed by atoms with van der Waals surface area (Å²) in [7, 11) is 1.59. The molecule has 0 saturated carbocycles. The first-order valence-corrected chi connectivity index (χ1v) is 4.40. The highest BCUT2D eigenvalue weighted by atomic mass is 16.5. The molecule has 1 aromatic heterocycles. The smallest absolute Gasteiger partial charge is 0.220 e. The molecule has 0 bridgehead atoms. The van der Waals surface area contributed by atoms with Gasteiger partial charge >= 0.3 is 0 Å². The van der Waals surface area contributed by atoms with Gasteiger partial charge in [0.15, 0.2) is 0 Å². The Labute approximate surface area is 83.8 Å². The summed E-state index contributed by atoms with van der Waals surface area (Å²) in [6, 6.07) is 0. The Morgan fingerprint density at radius 3 is 2.64 bits per heavy atom. The average Bonchev–Trinajstić information content (AvgIpc) is 2.15. The monoisotopic (exact) mass is 191 g/mol. The summed E-state index contributed by atoms with van der Waals surface area (Å²) in [5.74, 6) is 1.30. The Hall–Kier alpha value is -1.63. The minimum atomic E-state index is 0.448. The zero-order valence-corrected chi connectivity index (χ0v) is 8.66. The fourth-order valence-electron chi connectivity index (χ4n) is 1.33. The van der Waals surface area contributed by atoms with Gasteiger partial charge in [0.05, 0.1) is 13.5 Å². The molecule has 0 saturated heterocycles. The molecule has 1 heterocycles. The quantitative estimate of drug-likeness (QED) is 0.681. The second-order valence-corrected chi connectivity index (χ2v) is 2.98. The van der Waals surface area contributed by atoms with E-state index in [-0.39, 0.29) is 0 Å². The van der Waals surface area contributed by atoms with Crippen LogP contribution in [0.3, 0.4) is 0 Å². The summed E-state index contributed by atoms with van der Waals surface area (Å²) in [5.41, 5.74) is 1.84. The second-order valence-electron chi connectivity index (χ2n) is 2.98. The highest BCUT2D eigenvalue weighted by Crippen LogP contribution is 2.18. The van der Waals surface area contributed by atoms with Crippen molar-refractivity contribution in [2.45, 2.75) is 20.3 Å². The van der Waals surface area contributed by atoms with E-state index in [0.29, 0.717) is 24.7 Å². The Bertz CT molecular complexity index is 368. The minimum Gasteiger partial charge on any atom is -0.481 e. The summed E-state index contributed by atoms with van der Waals surface area (Å²) in [5, 5.41) is 0. The van der Waals surface area contributed by atoms with Gasteiger partial charge in [-0.25, -0.2) is 11.6 Å². The number of methoxy groups -OCH3 is 1. The maximum atomic E-state index is 6.74. The predicted molar refractivity (Wildman–Crippen MR) is 53.2 cm³/mol. The molecule has 4 heteroatoms. The van der Waals surface area contributed by atoms with Gasteiger partial charge in [-0.2, -0.15) is 4.98 Å². The molecule has 0 radical (unpaired) electrons. The average molecular weight is 191 g/mol. The molecule has 4 nitrogen and oxygen atoms in total. The number of hydrogen-bond donors (Lipinski definition) is 0. The first kappa shape index (κ1) is 10.5. The van der Waals surface area contributed by atoms with Crippen molar-refractivity contribution in [3.63, 3.8) is 0 Å². The zero-order valence-electron chi connectivity index (χ0n) is 8.66. The van der Waals surface area contributed by atoms with Gasteiger partial charge in [0.1, 0.15) is 5.82 Å². The summed E-state index contributed by atoms with van der Waals surface area (Å²) < 4.78 is 5.15. The van der Waals surface area contributed by atoms with Crippen LogP contribution in [0.4, 0.5) is 0 Å². The Morgan fingerprint density at radius 1 is 1.36 bits per heavy atom. The minimum absolute atomic E-state index is 0.448. The van der Waals surface area contributed by atoms with Gasteiger partial charge in [0.25, 0.3) is 0 Å². The summed E-state index contributed by atoms with van der Waals surface area (Å²) in [6.07, 6.45) is 0.652. The molecular formula is C10H13N3O. The van der Waals surface area contributed by atoms with E-state index in [1.54, 1.807) is 7.11 Å². The molecule has 0 fully saturated rings. The third-order valence-electron chi connectivity index (χ3n) is 1.95. The van der Waals surface area contributed by atoms with Crippen molar-refractivity contribution in [1.82, 2.24) is 9.97 Å². The third-order valence-corrected chi connectivity index (χ3v) is 1.95. The van der Waals surface area contributed by atoms with Crippen molar-refractivity contribution in [2.75, 3.05) is 13.7 Å². The number of rotatable bonds is 3. The molecule has 0 atom stereocenters. The van der Waals surface area contributed by atoms with Crippen LogP contribution in [0, 0.1) is 20.4 Å². The molecular weight excluding hydrogens is 178 g/mol. The first-order valence-electron chi connectivity index (χ1n) is 4.40. The van der Waals surface area contributed by atoms with E-state index in [0.717, 1.165) is 11.3 Å². The van der Waals surface area contributed by atoms with Crippen LogP contribution in [0.1, 0.15) is 17.1 Å². The molecule has 74 valence electrons. The SMILES string of the molecule is [C-]#[N+]CCc1c(C)nc(C)nc1OC. The number of aryl methyl sites for hydroxylation is 2. The number of ether oxygens (including phenoxy) is 1. The molecule has 0 spiro atoms. The van der Waals surface area contributed by atoms with Crippen LogP contribution in [-0.2, 0) is 6.42 Å². The Kier molecular flexibility index (Phi) is 3.41. The van der Waals surface area contributed by atoms with E-state index in [9.17, 15) is 0 Å². The zero-order chi connectivity index (χ0) is 10.6. The van der Waals surface area contributed by atoms with Crippen LogP contribution in [0.5, 0.6) is 5.88 Å². The van der Waals surface area contributed by atoms with Crippen LogP contribution in [0.25, 0.3) is 4.85 Å². The molecule has 0 unspecified atom stereocenters. The van der Waals surface area contributed by atoms with E-state index >= 15 is 0 Å². The lowest BCUT2D eigenvalue weighted by molar-refractivity contribution is 0.389. The van der Waals surface area contributed by atoms with E-state index in [1.165, 1.54) is 0 Å². The van der Waals surface area contributed by atoms with Crippen molar-refractivity contribution in [3.8, 4) is 5.88 Å². The van der Waals surface area contributed by atoms with E-state index in [1.807, 2.05) is 13.8 Å². The normalized spacial score (nSPS) is 9.57. The van der Waals surface area contributed by atoms with E-state index in [4.69, 9.17) is 11.3 Å². The van der Waals surface area contributed by atoms with Crippen LogP contribution >= 0.6 is 0 Å². The van der Waals surface area contributed by atoms with Gasteiger partial charge in [-0.05, 0) is 13.8 Å². The molecule has 0 aliphatic carbocycles. The lowest BCUT2D eigenvalue weighted by Gasteiger charge is -2.08. The summed E-state index contributed by atoms with van der Waals surface area (Å²) in [6.45, 7) is 10.9. The van der Waals surface area contributed by atoms with Crippen LogP contribution in [0.15, 0.2) is 0 Å². The lowest BCUT2D eigenvalue weighted by Crippen LogP contribution is -2.04. The van der Waals surface area contributed by atoms with Crippen LogP contribution in [0.2, 0.25) is 0 Å². The molecule has 0 aliphatic heterocycles. The molecule has 0 aliphatic rings. The third kappa shape index (κ3) is 2.19. The number of nitrogens with zero attached hydrogens (tertiary/aromatic N) is 3. The summed E-state index contributed by atoms with van der Waals surface area (Å²) in [4.78, 5) is 11.7. The summed E-state index contributed by atoms with van der Waals surface area (Å²) >= 11 is 0. The van der Waals surface area contributed by atoms with Gasteiger partial charge in [0.2, 0.25) is 12.4 Å². The maximum Gasteiger partial charge on any atom is 0.220 e. The predicted octanol–water partition coefficient (Wildman–Crippen LogP) is 1.56. The van der Waals surface area contributed by atoms with E-state index in [2.05, 4.69) is 14.8 Å². The highest BCUT2D eigenvalue weighted by Gasteiger charge is 2.11. The second kappa shape index (κ2) is 4.56. The van der Waals surface area contributed by atoms with Gasteiger partial charge in [-0.3, -0.25) is 0 Å². The van der Waals surface area contributed by atoms with Crippen molar-refractivity contribution in [1.29, 1.82) is 0 Å². The van der Waals surface area contributed by atoms with E-state index < -0.39 is 0 Å². The van der Waals surface area contributed by atoms with Crippen molar-refractivity contribution in [2.24, 2.45) is 0 Å². The molecule has 1 aromatic rings. The fourth-order valence-corrected chi connectivity index (χ4v) is 1.33. The van der Waals surface area contributed by atoms with Crippen LogP contribution < -0.4 is 4.74 Å². The van der Waals surface area contributed by atoms with Crippen molar-refractivity contribution in [3.05, 3.63) is 28.5 Å². The van der Waals surface area contributed by atoms with Gasteiger partial charge in [0, 0.05) is 11.3 Å². The Balaban J connectivity index is 3.06. The molecule has 14 heavy (non-hydrogen) atoms. The topological polar surface area (TPSA) is 39.4 Å². The van der Waals surface area contributed by atoms with Crippen LogP contribution in [-0.4, -0.2) is 23.6 Å². The number of hydrogen-bond acceptors (Lipinski definition) is 3. The fraction of sp³-hybridized carbons (Fsp3) is 0.500. The Morgan fingerprint density at radius 2 is 2.07 bits per heavy atom. The first-order chi connectivity index (χ1) is 6.69.